The largest absolute Gasteiger partial charge is 0.387 e. The molecule has 1 saturated carbocycles. The van der Waals surface area contributed by atoms with Gasteiger partial charge in [0.1, 0.15) is 5.84 Å². The first-order valence-electron chi connectivity index (χ1n) is 5.18. The maximum Gasteiger partial charge on any atom is 0.102 e. The lowest BCUT2D eigenvalue weighted by Crippen LogP contribution is -2.32. The Morgan fingerprint density at radius 2 is 2.07 bits per heavy atom. The Morgan fingerprint density at radius 1 is 1.47 bits per heavy atom. The summed E-state index contributed by atoms with van der Waals surface area (Å²) in [5.41, 5.74) is 7.63. The monoisotopic (exact) mass is 203 g/mol. The van der Waals surface area contributed by atoms with Crippen LogP contribution in [0.15, 0.2) is 18.3 Å². The Labute approximate surface area is 90.2 Å². The standard InChI is InChI=1S/C12H17N3/c1-8-4-5-9(6-15-8)12(10(13)14)7-11(12,2)3/h4-6H,7H2,1-3H3,(H3,13,14). The lowest BCUT2D eigenvalue weighted by atomic mass is 9.88. The predicted octanol–water partition coefficient (Wildman–Crippen LogP) is 1.99. The number of rotatable bonds is 2. The van der Waals surface area contributed by atoms with Crippen LogP contribution in [-0.2, 0) is 5.41 Å². The van der Waals surface area contributed by atoms with Gasteiger partial charge in [0.25, 0.3) is 0 Å². The molecule has 0 radical (unpaired) electrons. The van der Waals surface area contributed by atoms with Crippen LogP contribution < -0.4 is 5.73 Å². The molecule has 1 aliphatic carbocycles. The molecule has 1 aromatic rings. The zero-order chi connectivity index (χ0) is 11.3. The number of aromatic nitrogens is 1. The second-order valence-electron chi connectivity index (χ2n) is 5.07. The summed E-state index contributed by atoms with van der Waals surface area (Å²) in [5.74, 6) is 0.262. The van der Waals surface area contributed by atoms with Crippen LogP contribution in [0.2, 0.25) is 0 Å². The fourth-order valence-electron chi connectivity index (χ4n) is 2.45. The Hall–Kier alpha value is -1.38. The van der Waals surface area contributed by atoms with E-state index in [1.807, 2.05) is 25.3 Å². The Bertz CT molecular complexity index is 405. The molecule has 15 heavy (non-hydrogen) atoms. The molecule has 1 fully saturated rings. The fraction of sp³-hybridized carbons (Fsp3) is 0.500. The molecule has 3 heteroatoms. The van der Waals surface area contributed by atoms with Gasteiger partial charge in [0.2, 0.25) is 0 Å². The summed E-state index contributed by atoms with van der Waals surface area (Å²) in [5, 5.41) is 7.76. The third-order valence-electron chi connectivity index (χ3n) is 3.60. The van der Waals surface area contributed by atoms with Crippen molar-refractivity contribution in [2.24, 2.45) is 11.1 Å². The molecule has 0 amide bonds. The molecule has 3 nitrogen and oxygen atoms in total. The summed E-state index contributed by atoms with van der Waals surface area (Å²) in [4.78, 5) is 4.28. The zero-order valence-corrected chi connectivity index (χ0v) is 9.46. The minimum atomic E-state index is -0.270. The smallest absolute Gasteiger partial charge is 0.102 e. The molecule has 0 bridgehead atoms. The number of nitrogens with one attached hydrogen (secondary N) is 1. The second-order valence-corrected chi connectivity index (χ2v) is 5.07. The summed E-state index contributed by atoms with van der Waals surface area (Å²) >= 11 is 0. The molecule has 1 aromatic heterocycles. The molecule has 0 saturated heterocycles. The van der Waals surface area contributed by atoms with Gasteiger partial charge in [-0.1, -0.05) is 19.9 Å². The van der Waals surface area contributed by atoms with Crippen molar-refractivity contribution in [1.82, 2.24) is 4.98 Å². The van der Waals surface area contributed by atoms with Crippen molar-refractivity contribution in [3.05, 3.63) is 29.6 Å². The minimum Gasteiger partial charge on any atom is -0.387 e. The maximum atomic E-state index is 7.76. The highest BCUT2D eigenvalue weighted by Crippen LogP contribution is 2.64. The van der Waals surface area contributed by atoms with Crippen molar-refractivity contribution >= 4 is 5.84 Å². The molecule has 1 heterocycles. The highest BCUT2D eigenvalue weighted by molar-refractivity contribution is 5.93. The lowest BCUT2D eigenvalue weighted by Gasteiger charge is -2.19. The fourth-order valence-corrected chi connectivity index (χ4v) is 2.45. The highest BCUT2D eigenvalue weighted by Gasteiger charge is 2.64. The molecule has 1 unspecified atom stereocenters. The summed E-state index contributed by atoms with van der Waals surface area (Å²) in [6.45, 7) is 6.25. The highest BCUT2D eigenvalue weighted by atomic mass is 14.8. The summed E-state index contributed by atoms with van der Waals surface area (Å²) in [6, 6.07) is 4.02. The molecule has 1 atom stereocenters. The predicted molar refractivity (Wildman–Crippen MR) is 61.0 cm³/mol. The van der Waals surface area contributed by atoms with Crippen molar-refractivity contribution in [3.63, 3.8) is 0 Å². The molecule has 0 aliphatic heterocycles. The van der Waals surface area contributed by atoms with E-state index < -0.39 is 0 Å². The molecule has 0 spiro atoms. The van der Waals surface area contributed by atoms with Crippen LogP contribution in [0.1, 0.15) is 31.5 Å². The topological polar surface area (TPSA) is 62.8 Å². The summed E-state index contributed by atoms with van der Waals surface area (Å²) in [7, 11) is 0. The Morgan fingerprint density at radius 3 is 2.40 bits per heavy atom. The third kappa shape index (κ3) is 1.26. The van der Waals surface area contributed by atoms with Crippen molar-refractivity contribution in [3.8, 4) is 0 Å². The molecule has 2 rings (SSSR count). The average Bonchev–Trinajstić information content (AvgIpc) is 2.72. The average molecular weight is 203 g/mol. The number of amidine groups is 1. The Balaban J connectivity index is 2.45. The van der Waals surface area contributed by atoms with Crippen LogP contribution in [-0.4, -0.2) is 10.8 Å². The zero-order valence-electron chi connectivity index (χ0n) is 9.46. The van der Waals surface area contributed by atoms with Crippen molar-refractivity contribution in [1.29, 1.82) is 5.41 Å². The van der Waals surface area contributed by atoms with Crippen molar-refractivity contribution in [2.45, 2.75) is 32.6 Å². The van der Waals surface area contributed by atoms with E-state index in [0.717, 1.165) is 17.7 Å². The number of nitrogens with zero attached hydrogens (tertiary/aromatic N) is 1. The third-order valence-corrected chi connectivity index (χ3v) is 3.60. The normalized spacial score (nSPS) is 27.4. The van der Waals surface area contributed by atoms with Crippen LogP contribution in [0.25, 0.3) is 0 Å². The van der Waals surface area contributed by atoms with Gasteiger partial charge in [-0.25, -0.2) is 0 Å². The van der Waals surface area contributed by atoms with E-state index in [2.05, 4.69) is 18.8 Å². The van der Waals surface area contributed by atoms with Crippen LogP contribution in [0, 0.1) is 17.7 Å². The summed E-state index contributed by atoms with van der Waals surface area (Å²) < 4.78 is 0. The molecular weight excluding hydrogens is 186 g/mol. The summed E-state index contributed by atoms with van der Waals surface area (Å²) in [6.07, 6.45) is 2.80. The number of nitrogens with two attached hydrogens (primary N) is 1. The van der Waals surface area contributed by atoms with Crippen molar-refractivity contribution in [2.75, 3.05) is 0 Å². The van der Waals surface area contributed by atoms with Gasteiger partial charge in [-0.15, -0.1) is 0 Å². The van der Waals surface area contributed by atoms with E-state index in [-0.39, 0.29) is 16.7 Å². The van der Waals surface area contributed by atoms with Gasteiger partial charge in [0.15, 0.2) is 0 Å². The molecule has 80 valence electrons. The van der Waals surface area contributed by atoms with Gasteiger partial charge < -0.3 is 5.73 Å². The first-order chi connectivity index (χ1) is 6.90. The van der Waals surface area contributed by atoms with Crippen LogP contribution in [0.5, 0.6) is 0 Å². The van der Waals surface area contributed by atoms with Gasteiger partial charge in [-0.3, -0.25) is 10.4 Å². The van der Waals surface area contributed by atoms with Gasteiger partial charge >= 0.3 is 0 Å². The van der Waals surface area contributed by atoms with E-state index >= 15 is 0 Å². The molecule has 3 N–H and O–H groups in total. The second kappa shape index (κ2) is 2.81. The van der Waals surface area contributed by atoms with Gasteiger partial charge in [0.05, 0.1) is 5.41 Å². The van der Waals surface area contributed by atoms with E-state index in [1.54, 1.807) is 0 Å². The number of aryl methyl sites for hydroxylation is 1. The lowest BCUT2D eigenvalue weighted by molar-refractivity contribution is 0.576. The molecule has 0 aromatic carbocycles. The minimum absolute atomic E-state index is 0.0930. The van der Waals surface area contributed by atoms with Gasteiger partial charge in [-0.2, -0.15) is 0 Å². The maximum absolute atomic E-state index is 7.76. The van der Waals surface area contributed by atoms with E-state index in [9.17, 15) is 0 Å². The number of pyridine rings is 1. The molecule has 1 aliphatic rings. The van der Waals surface area contributed by atoms with E-state index in [4.69, 9.17) is 11.1 Å². The number of hydrogen-bond donors (Lipinski definition) is 2. The quantitative estimate of drug-likeness (QED) is 0.570. The molecular formula is C12H17N3. The number of hydrogen-bond acceptors (Lipinski definition) is 2. The first-order valence-corrected chi connectivity index (χ1v) is 5.18. The van der Waals surface area contributed by atoms with Crippen LogP contribution >= 0.6 is 0 Å². The van der Waals surface area contributed by atoms with Crippen LogP contribution in [0.4, 0.5) is 0 Å². The van der Waals surface area contributed by atoms with Crippen molar-refractivity contribution < 1.29 is 0 Å². The van der Waals surface area contributed by atoms with Gasteiger partial charge in [0, 0.05) is 11.9 Å². The van der Waals surface area contributed by atoms with Gasteiger partial charge in [-0.05, 0) is 30.4 Å². The van der Waals surface area contributed by atoms with E-state index in [0.29, 0.717) is 0 Å². The SMILES string of the molecule is Cc1ccc(C2(C(=N)N)CC2(C)C)cn1. The Kier molecular flexibility index (Phi) is 1.90. The van der Waals surface area contributed by atoms with Crippen LogP contribution in [0.3, 0.4) is 0 Å². The first kappa shape index (κ1) is 10.1. The van der Waals surface area contributed by atoms with E-state index in [1.165, 1.54) is 0 Å².